The van der Waals surface area contributed by atoms with E-state index in [1.54, 1.807) is 6.92 Å². The van der Waals surface area contributed by atoms with E-state index in [9.17, 15) is 9.59 Å². The van der Waals surface area contributed by atoms with E-state index in [2.05, 4.69) is 19.6 Å². The van der Waals surface area contributed by atoms with E-state index >= 15 is 0 Å². The van der Waals surface area contributed by atoms with Crippen molar-refractivity contribution in [3.8, 4) is 0 Å². The first kappa shape index (κ1) is 15.1. The van der Waals surface area contributed by atoms with Crippen LogP contribution in [0.2, 0.25) is 25.7 Å². The maximum atomic E-state index is 11.4. The summed E-state index contributed by atoms with van der Waals surface area (Å²) in [6, 6.07) is 0.211. The molecule has 6 nitrogen and oxygen atoms in total. The van der Waals surface area contributed by atoms with E-state index in [4.69, 9.17) is 15.3 Å². The summed E-state index contributed by atoms with van der Waals surface area (Å²) in [5, 5.41) is 1.13. The third-order valence-electron chi connectivity index (χ3n) is 2.83. The summed E-state index contributed by atoms with van der Waals surface area (Å²) in [4.78, 5) is 27.7. The zero-order chi connectivity index (χ0) is 13.9. The van der Waals surface area contributed by atoms with Crippen molar-refractivity contribution in [2.75, 3.05) is 13.2 Å². The van der Waals surface area contributed by atoms with E-state index in [0.717, 1.165) is 11.1 Å². The minimum atomic E-state index is -1.19. The molecule has 1 aliphatic rings. The molecule has 0 unspecified atom stereocenters. The van der Waals surface area contributed by atoms with Gasteiger partial charge in [-0.15, -0.1) is 0 Å². The summed E-state index contributed by atoms with van der Waals surface area (Å²) in [6.45, 7) is 8.56. The summed E-state index contributed by atoms with van der Waals surface area (Å²) >= 11 is 0. The Balaban J connectivity index is 2.16. The van der Waals surface area contributed by atoms with Crippen LogP contribution in [0.25, 0.3) is 0 Å². The van der Waals surface area contributed by atoms with Gasteiger partial charge in [0.15, 0.2) is 6.61 Å². The molecular formula is C11H22N2O4Si. The fourth-order valence-corrected chi connectivity index (χ4v) is 2.15. The van der Waals surface area contributed by atoms with Crippen LogP contribution in [0.3, 0.4) is 0 Å². The maximum Gasteiger partial charge on any atom is 0.334 e. The summed E-state index contributed by atoms with van der Waals surface area (Å²) in [5.74, 6) is -0.744. The second kappa shape index (κ2) is 5.81. The molecule has 2 N–H and O–H groups in total. The Bertz CT molecular complexity index is 329. The molecule has 104 valence electrons. The molecule has 1 rings (SSSR count). The number of β-lactam (4-membered cyclic amide) rings is 1. The van der Waals surface area contributed by atoms with Crippen LogP contribution < -0.4 is 5.73 Å². The summed E-state index contributed by atoms with van der Waals surface area (Å²) in [7, 11) is -1.19. The lowest BCUT2D eigenvalue weighted by Gasteiger charge is -2.41. The largest absolute Gasteiger partial charge is 0.464 e. The number of amides is 1. The second-order valence-corrected chi connectivity index (χ2v) is 11.4. The quantitative estimate of drug-likeness (QED) is 0.429. The molecule has 7 heteroatoms. The normalized spacial score (nSPS) is 23.8. The van der Waals surface area contributed by atoms with Gasteiger partial charge in [0.05, 0.1) is 12.6 Å². The number of ether oxygens (including phenoxy) is 1. The van der Waals surface area contributed by atoms with E-state index < -0.39 is 20.1 Å². The van der Waals surface area contributed by atoms with Gasteiger partial charge in [-0.1, -0.05) is 19.6 Å². The molecule has 1 heterocycles. The molecule has 1 fully saturated rings. The Labute approximate surface area is 108 Å². The maximum absolute atomic E-state index is 11.4. The van der Waals surface area contributed by atoms with Crippen LogP contribution in [0.4, 0.5) is 0 Å². The van der Waals surface area contributed by atoms with Crippen LogP contribution in [0, 0.1) is 0 Å². The number of hydroxylamine groups is 2. The highest BCUT2D eigenvalue weighted by Crippen LogP contribution is 2.17. The summed E-state index contributed by atoms with van der Waals surface area (Å²) in [5.41, 5.74) is 5.51. The first-order valence-electron chi connectivity index (χ1n) is 6.09. The Morgan fingerprint density at radius 3 is 2.56 bits per heavy atom. The van der Waals surface area contributed by atoms with Gasteiger partial charge in [-0.05, 0) is 13.0 Å². The lowest BCUT2D eigenvalue weighted by atomic mass is 10.0. The molecule has 0 aromatic heterocycles. The second-order valence-electron chi connectivity index (χ2n) is 5.73. The van der Waals surface area contributed by atoms with Gasteiger partial charge in [0.2, 0.25) is 0 Å². The van der Waals surface area contributed by atoms with Crippen molar-refractivity contribution in [2.24, 2.45) is 5.73 Å². The molecule has 0 bridgehead atoms. The van der Waals surface area contributed by atoms with Gasteiger partial charge in [-0.2, -0.15) is 0 Å². The van der Waals surface area contributed by atoms with Crippen molar-refractivity contribution in [3.63, 3.8) is 0 Å². The first-order chi connectivity index (χ1) is 8.22. The van der Waals surface area contributed by atoms with Crippen molar-refractivity contribution in [2.45, 2.75) is 44.7 Å². The van der Waals surface area contributed by atoms with Crippen LogP contribution in [0.5, 0.6) is 0 Å². The molecular weight excluding hydrogens is 252 g/mol. The van der Waals surface area contributed by atoms with Crippen LogP contribution in [0.1, 0.15) is 6.92 Å². The monoisotopic (exact) mass is 274 g/mol. The van der Waals surface area contributed by atoms with Crippen molar-refractivity contribution in [3.05, 3.63) is 0 Å². The molecule has 0 radical (unpaired) electrons. The number of nitrogens with zero attached hydrogens (tertiary/aromatic N) is 1. The zero-order valence-electron chi connectivity index (χ0n) is 11.4. The lowest BCUT2D eigenvalue weighted by molar-refractivity contribution is -0.231. The van der Waals surface area contributed by atoms with Crippen LogP contribution >= 0.6 is 0 Å². The number of nitrogens with two attached hydrogens (primary N) is 1. The van der Waals surface area contributed by atoms with Crippen molar-refractivity contribution < 1.29 is 19.2 Å². The van der Waals surface area contributed by atoms with Crippen molar-refractivity contribution in [1.29, 1.82) is 0 Å². The fourth-order valence-electron chi connectivity index (χ4n) is 1.43. The Morgan fingerprint density at radius 1 is 1.44 bits per heavy atom. The summed E-state index contributed by atoms with van der Waals surface area (Å²) in [6.07, 6.45) is 0. The summed E-state index contributed by atoms with van der Waals surface area (Å²) < 4.78 is 5.04. The average Bonchev–Trinajstić information content (AvgIpc) is 2.26. The number of carbonyl (C=O) groups is 2. The predicted molar refractivity (Wildman–Crippen MR) is 69.3 cm³/mol. The minimum Gasteiger partial charge on any atom is -0.464 e. The SMILES string of the molecule is C[C@H]1[C@H](N)C(=O)N1OCC(=O)OCC[Si](C)(C)C. The van der Waals surface area contributed by atoms with Crippen molar-refractivity contribution >= 4 is 20.0 Å². The first-order valence-corrected chi connectivity index (χ1v) is 9.80. The molecule has 18 heavy (non-hydrogen) atoms. The molecule has 0 spiro atoms. The van der Waals surface area contributed by atoms with Gasteiger partial charge < -0.3 is 10.5 Å². The van der Waals surface area contributed by atoms with Crippen LogP contribution in [-0.4, -0.2) is 50.3 Å². The Morgan fingerprint density at radius 2 is 2.06 bits per heavy atom. The van der Waals surface area contributed by atoms with Crippen LogP contribution in [0.15, 0.2) is 0 Å². The highest BCUT2D eigenvalue weighted by molar-refractivity contribution is 6.76. The van der Waals surface area contributed by atoms with Gasteiger partial charge in [0.25, 0.3) is 5.91 Å². The smallest absolute Gasteiger partial charge is 0.334 e. The molecule has 1 amide bonds. The van der Waals surface area contributed by atoms with Gasteiger partial charge >= 0.3 is 5.97 Å². The van der Waals surface area contributed by atoms with E-state index in [1.165, 1.54) is 0 Å². The highest BCUT2D eigenvalue weighted by Gasteiger charge is 2.43. The number of rotatable bonds is 6. The molecule has 1 aliphatic heterocycles. The number of hydrogen-bond donors (Lipinski definition) is 1. The lowest BCUT2D eigenvalue weighted by Crippen LogP contribution is -2.67. The predicted octanol–water partition coefficient (Wildman–Crippen LogP) is 0.357. The fraction of sp³-hybridized carbons (Fsp3) is 0.818. The van der Waals surface area contributed by atoms with Gasteiger partial charge in [0, 0.05) is 8.07 Å². The van der Waals surface area contributed by atoms with Crippen LogP contribution in [-0.2, 0) is 19.2 Å². The van der Waals surface area contributed by atoms with Gasteiger partial charge in [0.1, 0.15) is 6.04 Å². The topological polar surface area (TPSA) is 81.9 Å². The number of esters is 1. The van der Waals surface area contributed by atoms with E-state index in [1.807, 2.05) is 0 Å². The third-order valence-corrected chi connectivity index (χ3v) is 4.53. The third kappa shape index (κ3) is 4.07. The minimum absolute atomic E-state index is 0.188. The standard InChI is InChI=1S/C11H22N2O4Si/c1-8-10(12)11(15)13(8)17-7-9(14)16-5-6-18(2,3)4/h8,10H,5-7,12H2,1-4H3/t8-,10-/m0/s1. The van der Waals surface area contributed by atoms with E-state index in [-0.39, 0.29) is 18.6 Å². The highest BCUT2D eigenvalue weighted by atomic mass is 28.3. The number of hydrogen-bond acceptors (Lipinski definition) is 5. The average molecular weight is 274 g/mol. The molecule has 0 aromatic rings. The van der Waals surface area contributed by atoms with Gasteiger partial charge in [-0.3, -0.25) is 9.63 Å². The molecule has 0 saturated carbocycles. The molecule has 0 aromatic carbocycles. The van der Waals surface area contributed by atoms with Crippen molar-refractivity contribution in [1.82, 2.24) is 5.06 Å². The molecule has 0 aliphatic carbocycles. The van der Waals surface area contributed by atoms with E-state index in [0.29, 0.717) is 6.61 Å². The number of carbonyl (C=O) groups excluding carboxylic acids is 2. The molecule has 2 atom stereocenters. The molecule has 1 saturated heterocycles. The zero-order valence-corrected chi connectivity index (χ0v) is 12.4. The Kier molecular flexibility index (Phi) is 4.89. The van der Waals surface area contributed by atoms with Gasteiger partial charge in [-0.25, -0.2) is 9.86 Å². The Hall–Kier alpha value is -0.923.